The molecule has 2 saturated carbocycles. The first kappa shape index (κ1) is 27.2. The molecule has 31 heavy (non-hydrogen) atoms. The van der Waals surface area contributed by atoms with Crippen molar-refractivity contribution in [2.24, 2.45) is 29.6 Å². The molecule has 0 aromatic rings. The third kappa shape index (κ3) is 8.33. The Hall–Kier alpha value is -0.0800. The standard InChI is InChI=1S/C29H57NO/c1-6-16-27(23(4)7-2)29(28-21-14-12-17-24(28)5)22-15-13-18-25(8-3)30(31)26-19-10-9-11-20-26/h23-29,31H,6-22H2,1-5H3/t23?,24?,25?,27-,28?,29?/m1/s1. The molecular formula is C29H57NO. The average molecular weight is 436 g/mol. The fourth-order valence-corrected chi connectivity index (χ4v) is 7.21. The summed E-state index contributed by atoms with van der Waals surface area (Å²) in [6, 6.07) is 0.796. The van der Waals surface area contributed by atoms with Crippen molar-refractivity contribution in [3.8, 4) is 0 Å². The number of hydroxylamine groups is 2. The van der Waals surface area contributed by atoms with E-state index in [1.165, 1.54) is 103 Å². The van der Waals surface area contributed by atoms with E-state index in [0.717, 1.165) is 36.0 Å². The van der Waals surface area contributed by atoms with E-state index in [-0.39, 0.29) is 0 Å². The van der Waals surface area contributed by atoms with Gasteiger partial charge in [-0.25, -0.2) is 0 Å². The summed E-state index contributed by atoms with van der Waals surface area (Å²) in [6.07, 6.45) is 22.6. The SMILES string of the molecule is CCC[C@H](C(C)CC)C(CCCCC(CC)N(O)C1CCCCC1)C1CCCCC1C. The molecule has 0 amide bonds. The number of rotatable bonds is 14. The van der Waals surface area contributed by atoms with Crippen LogP contribution in [0, 0.1) is 29.6 Å². The van der Waals surface area contributed by atoms with Crippen LogP contribution in [0.2, 0.25) is 0 Å². The molecule has 2 rings (SSSR count). The summed E-state index contributed by atoms with van der Waals surface area (Å²) in [4.78, 5) is 0. The van der Waals surface area contributed by atoms with Gasteiger partial charge in [0.1, 0.15) is 0 Å². The molecule has 0 heterocycles. The van der Waals surface area contributed by atoms with Crippen LogP contribution in [0.15, 0.2) is 0 Å². The Kier molecular flexibility index (Phi) is 13.1. The Labute approximate surface area is 195 Å². The highest BCUT2D eigenvalue weighted by atomic mass is 16.5. The highest BCUT2D eigenvalue weighted by Gasteiger charge is 2.35. The summed E-state index contributed by atoms with van der Waals surface area (Å²) in [5, 5.41) is 12.7. The fourth-order valence-electron chi connectivity index (χ4n) is 7.21. The molecule has 0 bridgehead atoms. The summed E-state index contributed by atoms with van der Waals surface area (Å²) in [7, 11) is 0. The van der Waals surface area contributed by atoms with E-state index in [1.807, 2.05) is 0 Å². The minimum absolute atomic E-state index is 0.371. The lowest BCUT2D eigenvalue weighted by atomic mass is 9.63. The normalized spacial score (nSPS) is 27.2. The van der Waals surface area contributed by atoms with E-state index in [2.05, 4.69) is 34.6 Å². The maximum Gasteiger partial charge on any atom is 0.0353 e. The second-order valence-corrected chi connectivity index (χ2v) is 11.4. The van der Waals surface area contributed by atoms with Crippen molar-refractivity contribution in [1.82, 2.24) is 5.06 Å². The molecule has 2 heteroatoms. The van der Waals surface area contributed by atoms with Crippen LogP contribution >= 0.6 is 0 Å². The van der Waals surface area contributed by atoms with E-state index in [9.17, 15) is 5.21 Å². The fraction of sp³-hybridized carbons (Fsp3) is 1.00. The molecule has 0 aromatic heterocycles. The van der Waals surface area contributed by atoms with Crippen LogP contribution < -0.4 is 0 Å². The van der Waals surface area contributed by atoms with Crippen LogP contribution in [0.5, 0.6) is 0 Å². The summed E-state index contributed by atoms with van der Waals surface area (Å²) in [5.41, 5.74) is 0. The van der Waals surface area contributed by atoms with Gasteiger partial charge in [0.2, 0.25) is 0 Å². The van der Waals surface area contributed by atoms with Crippen molar-refractivity contribution < 1.29 is 5.21 Å². The number of hydrogen-bond acceptors (Lipinski definition) is 2. The van der Waals surface area contributed by atoms with Crippen LogP contribution in [-0.4, -0.2) is 22.4 Å². The molecule has 2 aliphatic carbocycles. The van der Waals surface area contributed by atoms with E-state index in [4.69, 9.17) is 0 Å². The number of hydrogen-bond donors (Lipinski definition) is 1. The Morgan fingerprint density at radius 1 is 0.806 bits per heavy atom. The van der Waals surface area contributed by atoms with E-state index in [0.29, 0.717) is 12.1 Å². The Balaban J connectivity index is 1.93. The maximum atomic E-state index is 10.9. The van der Waals surface area contributed by atoms with Gasteiger partial charge in [-0.05, 0) is 68.1 Å². The minimum Gasteiger partial charge on any atom is -0.313 e. The number of nitrogens with zero attached hydrogens (tertiary/aromatic N) is 1. The predicted molar refractivity (Wildman–Crippen MR) is 136 cm³/mol. The lowest BCUT2D eigenvalue weighted by molar-refractivity contribution is -0.169. The van der Waals surface area contributed by atoms with Crippen LogP contribution in [0.1, 0.15) is 144 Å². The lowest BCUT2D eigenvalue weighted by Crippen LogP contribution is -2.41. The van der Waals surface area contributed by atoms with Gasteiger partial charge in [0.15, 0.2) is 0 Å². The molecule has 1 N–H and O–H groups in total. The Bertz CT molecular complexity index is 446. The zero-order valence-corrected chi connectivity index (χ0v) is 22.0. The molecule has 6 atom stereocenters. The van der Waals surface area contributed by atoms with E-state index >= 15 is 0 Å². The second-order valence-electron chi connectivity index (χ2n) is 11.4. The number of unbranched alkanes of at least 4 members (excludes halogenated alkanes) is 1. The topological polar surface area (TPSA) is 23.5 Å². The zero-order valence-electron chi connectivity index (χ0n) is 22.0. The molecule has 0 saturated heterocycles. The van der Waals surface area contributed by atoms with Crippen molar-refractivity contribution in [1.29, 1.82) is 0 Å². The van der Waals surface area contributed by atoms with Crippen molar-refractivity contribution in [3.63, 3.8) is 0 Å². The molecule has 2 aliphatic rings. The molecular weight excluding hydrogens is 378 g/mol. The van der Waals surface area contributed by atoms with Crippen LogP contribution in [0.4, 0.5) is 0 Å². The molecule has 184 valence electrons. The maximum absolute atomic E-state index is 10.9. The predicted octanol–water partition coefficient (Wildman–Crippen LogP) is 9.25. The second kappa shape index (κ2) is 14.9. The quantitative estimate of drug-likeness (QED) is 0.217. The van der Waals surface area contributed by atoms with E-state index in [1.54, 1.807) is 5.06 Å². The highest BCUT2D eigenvalue weighted by Crippen LogP contribution is 2.44. The van der Waals surface area contributed by atoms with Crippen molar-refractivity contribution in [3.05, 3.63) is 0 Å². The van der Waals surface area contributed by atoms with Crippen molar-refractivity contribution >= 4 is 0 Å². The van der Waals surface area contributed by atoms with Gasteiger partial charge in [0.05, 0.1) is 0 Å². The van der Waals surface area contributed by atoms with Crippen LogP contribution in [0.25, 0.3) is 0 Å². The third-order valence-corrected chi connectivity index (χ3v) is 9.39. The summed E-state index contributed by atoms with van der Waals surface area (Å²) in [5.74, 6) is 4.58. The molecule has 5 unspecified atom stereocenters. The van der Waals surface area contributed by atoms with Gasteiger partial charge >= 0.3 is 0 Å². The van der Waals surface area contributed by atoms with Gasteiger partial charge in [-0.15, -0.1) is 0 Å². The lowest BCUT2D eigenvalue weighted by Gasteiger charge is -2.42. The summed E-state index contributed by atoms with van der Waals surface area (Å²) >= 11 is 0. The van der Waals surface area contributed by atoms with Gasteiger partial charge < -0.3 is 5.21 Å². The smallest absolute Gasteiger partial charge is 0.0353 e. The first-order valence-electron chi connectivity index (χ1n) is 14.5. The summed E-state index contributed by atoms with van der Waals surface area (Å²) < 4.78 is 0. The average Bonchev–Trinajstić information content (AvgIpc) is 2.81. The summed E-state index contributed by atoms with van der Waals surface area (Å²) in [6.45, 7) is 12.1. The zero-order chi connectivity index (χ0) is 22.6. The third-order valence-electron chi connectivity index (χ3n) is 9.39. The molecule has 2 nitrogen and oxygen atoms in total. The van der Waals surface area contributed by atoms with E-state index < -0.39 is 0 Å². The molecule has 2 fully saturated rings. The van der Waals surface area contributed by atoms with Crippen LogP contribution in [-0.2, 0) is 0 Å². The minimum atomic E-state index is 0.371. The molecule has 0 aromatic carbocycles. The first-order valence-corrected chi connectivity index (χ1v) is 14.5. The molecule has 0 spiro atoms. The van der Waals surface area contributed by atoms with Crippen LogP contribution in [0.3, 0.4) is 0 Å². The van der Waals surface area contributed by atoms with Gasteiger partial charge in [0.25, 0.3) is 0 Å². The Morgan fingerprint density at radius 2 is 1.45 bits per heavy atom. The van der Waals surface area contributed by atoms with Crippen molar-refractivity contribution in [2.75, 3.05) is 0 Å². The highest BCUT2D eigenvalue weighted by molar-refractivity contribution is 4.85. The Morgan fingerprint density at radius 3 is 2.06 bits per heavy atom. The molecule has 0 aliphatic heterocycles. The van der Waals surface area contributed by atoms with Gasteiger partial charge in [0, 0.05) is 12.1 Å². The largest absolute Gasteiger partial charge is 0.313 e. The van der Waals surface area contributed by atoms with Crippen molar-refractivity contribution in [2.45, 2.75) is 156 Å². The van der Waals surface area contributed by atoms with Gasteiger partial charge in [-0.3, -0.25) is 0 Å². The first-order chi connectivity index (χ1) is 15.0. The van der Waals surface area contributed by atoms with Gasteiger partial charge in [-0.1, -0.05) is 105 Å². The monoisotopic (exact) mass is 435 g/mol. The van der Waals surface area contributed by atoms with Gasteiger partial charge in [-0.2, -0.15) is 5.06 Å². The molecule has 0 radical (unpaired) electrons.